The summed E-state index contributed by atoms with van der Waals surface area (Å²) in [6, 6.07) is -0.0749. The van der Waals surface area contributed by atoms with E-state index in [0.29, 0.717) is 13.0 Å². The summed E-state index contributed by atoms with van der Waals surface area (Å²) in [6.07, 6.45) is 1.95. The number of likely N-dealkylation sites (tertiary alicyclic amines) is 1. The molecule has 5 nitrogen and oxygen atoms in total. The Morgan fingerprint density at radius 3 is 2.65 bits per heavy atom. The molecule has 2 rings (SSSR count). The van der Waals surface area contributed by atoms with Gasteiger partial charge >= 0.3 is 6.09 Å². The van der Waals surface area contributed by atoms with Gasteiger partial charge in [-0.15, -0.1) is 6.58 Å². The summed E-state index contributed by atoms with van der Waals surface area (Å²) in [4.78, 5) is 14.0. The predicted octanol–water partition coefficient (Wildman–Crippen LogP) is 2.70. The van der Waals surface area contributed by atoms with Crippen molar-refractivity contribution >= 4 is 6.09 Å². The number of ether oxygens (including phenoxy) is 3. The standard InChI is InChI=1S/C15H25NO4/c1-7-8-10-12-11(18-15(5,6)19-12)9-16(10)13(17)20-14(2,3)4/h7,10-12H,1,8-9H2,2-6H3/t10-,11+,12-/m1/s1. The number of carbonyl (C=O) groups is 1. The second-order valence-corrected chi connectivity index (χ2v) is 6.86. The molecular formula is C15H25NO4. The van der Waals surface area contributed by atoms with E-state index in [1.807, 2.05) is 34.6 Å². The van der Waals surface area contributed by atoms with Crippen LogP contribution in [0.3, 0.4) is 0 Å². The number of hydrogen-bond acceptors (Lipinski definition) is 4. The normalized spacial score (nSPS) is 32.0. The topological polar surface area (TPSA) is 48.0 Å². The van der Waals surface area contributed by atoms with Crippen LogP contribution < -0.4 is 0 Å². The van der Waals surface area contributed by atoms with E-state index in [0.717, 1.165) is 0 Å². The number of nitrogens with zero attached hydrogens (tertiary/aromatic N) is 1. The fraction of sp³-hybridized carbons (Fsp3) is 0.800. The van der Waals surface area contributed by atoms with E-state index in [4.69, 9.17) is 14.2 Å². The molecular weight excluding hydrogens is 258 g/mol. The van der Waals surface area contributed by atoms with Crippen molar-refractivity contribution in [2.75, 3.05) is 6.54 Å². The lowest BCUT2D eigenvalue weighted by atomic mass is 10.1. The maximum atomic E-state index is 12.3. The average molecular weight is 283 g/mol. The maximum Gasteiger partial charge on any atom is 0.410 e. The molecule has 0 bridgehead atoms. The third-order valence-electron chi connectivity index (χ3n) is 3.41. The van der Waals surface area contributed by atoms with Crippen molar-refractivity contribution in [2.24, 2.45) is 0 Å². The molecule has 0 spiro atoms. The average Bonchev–Trinajstić information content (AvgIpc) is 2.70. The molecule has 0 unspecified atom stereocenters. The van der Waals surface area contributed by atoms with Crippen LogP contribution >= 0.6 is 0 Å². The van der Waals surface area contributed by atoms with Gasteiger partial charge in [0, 0.05) is 0 Å². The first kappa shape index (κ1) is 15.3. The Labute approximate surface area is 120 Å². The van der Waals surface area contributed by atoms with Crippen LogP contribution in [0.15, 0.2) is 12.7 Å². The van der Waals surface area contributed by atoms with Gasteiger partial charge in [-0.05, 0) is 41.0 Å². The van der Waals surface area contributed by atoms with E-state index < -0.39 is 11.4 Å². The molecule has 0 saturated carbocycles. The van der Waals surface area contributed by atoms with E-state index in [1.165, 1.54) is 0 Å². The van der Waals surface area contributed by atoms with Crippen molar-refractivity contribution in [2.45, 2.75) is 70.7 Å². The number of carbonyl (C=O) groups excluding carboxylic acids is 1. The first-order valence-electron chi connectivity index (χ1n) is 7.09. The van der Waals surface area contributed by atoms with E-state index >= 15 is 0 Å². The van der Waals surface area contributed by atoms with Crippen molar-refractivity contribution in [3.8, 4) is 0 Å². The monoisotopic (exact) mass is 283 g/mol. The molecule has 2 saturated heterocycles. The van der Waals surface area contributed by atoms with Gasteiger partial charge in [0.1, 0.15) is 17.8 Å². The van der Waals surface area contributed by atoms with E-state index in [-0.39, 0.29) is 24.3 Å². The molecule has 2 heterocycles. The van der Waals surface area contributed by atoms with Crippen molar-refractivity contribution in [1.29, 1.82) is 0 Å². The Morgan fingerprint density at radius 2 is 2.10 bits per heavy atom. The van der Waals surface area contributed by atoms with Gasteiger partial charge in [-0.1, -0.05) is 6.08 Å². The van der Waals surface area contributed by atoms with Crippen LogP contribution in [0.5, 0.6) is 0 Å². The highest BCUT2D eigenvalue weighted by Crippen LogP contribution is 2.38. The van der Waals surface area contributed by atoms with Crippen molar-refractivity contribution in [3.05, 3.63) is 12.7 Å². The summed E-state index contributed by atoms with van der Waals surface area (Å²) in [7, 11) is 0. The minimum atomic E-state index is -0.589. The molecule has 2 aliphatic heterocycles. The number of fused-ring (bicyclic) bond motifs is 1. The fourth-order valence-electron chi connectivity index (χ4n) is 2.80. The quantitative estimate of drug-likeness (QED) is 0.731. The zero-order valence-corrected chi connectivity index (χ0v) is 13.0. The highest BCUT2D eigenvalue weighted by molar-refractivity contribution is 5.69. The summed E-state index contributed by atoms with van der Waals surface area (Å²) in [5, 5.41) is 0. The summed E-state index contributed by atoms with van der Waals surface area (Å²) in [5.74, 6) is -0.589. The third kappa shape index (κ3) is 3.15. The molecule has 2 fully saturated rings. The minimum absolute atomic E-state index is 0.0749. The molecule has 1 amide bonds. The Bertz CT molecular complexity index is 399. The Hall–Kier alpha value is -1.07. The Balaban J connectivity index is 2.11. The van der Waals surface area contributed by atoms with Crippen molar-refractivity contribution < 1.29 is 19.0 Å². The van der Waals surface area contributed by atoms with E-state index in [9.17, 15) is 4.79 Å². The van der Waals surface area contributed by atoms with Gasteiger partial charge in [-0.25, -0.2) is 4.79 Å². The van der Waals surface area contributed by atoms with Crippen LogP contribution in [0.25, 0.3) is 0 Å². The first-order chi connectivity index (χ1) is 9.13. The molecule has 0 aromatic carbocycles. The predicted molar refractivity (Wildman–Crippen MR) is 75.4 cm³/mol. The van der Waals surface area contributed by atoms with Crippen molar-refractivity contribution in [3.63, 3.8) is 0 Å². The highest BCUT2D eigenvalue weighted by atomic mass is 16.8. The SMILES string of the molecule is C=CC[C@@H]1[C@H]2OC(C)(C)O[C@H]2CN1C(=O)OC(C)(C)C. The molecule has 5 heteroatoms. The van der Waals surface area contributed by atoms with Crippen LogP contribution in [-0.2, 0) is 14.2 Å². The second-order valence-electron chi connectivity index (χ2n) is 6.86. The molecule has 0 aliphatic carbocycles. The van der Waals surface area contributed by atoms with Gasteiger partial charge < -0.3 is 14.2 Å². The lowest BCUT2D eigenvalue weighted by Crippen LogP contribution is -2.44. The molecule has 0 radical (unpaired) electrons. The summed E-state index contributed by atoms with van der Waals surface area (Å²) in [5.41, 5.74) is -0.505. The molecule has 0 aromatic heterocycles. The van der Waals surface area contributed by atoms with Gasteiger partial charge in [-0.3, -0.25) is 4.90 Å². The lowest BCUT2D eigenvalue weighted by Gasteiger charge is -2.31. The number of amides is 1. The second kappa shape index (κ2) is 5.04. The zero-order valence-electron chi connectivity index (χ0n) is 13.0. The summed E-state index contributed by atoms with van der Waals surface area (Å²) in [6.45, 7) is 13.6. The molecule has 2 aliphatic rings. The van der Waals surface area contributed by atoms with Crippen LogP contribution in [0.2, 0.25) is 0 Å². The molecule has 0 aromatic rings. The lowest BCUT2D eigenvalue weighted by molar-refractivity contribution is -0.160. The Morgan fingerprint density at radius 1 is 1.45 bits per heavy atom. The molecule has 114 valence electrons. The van der Waals surface area contributed by atoms with E-state index in [1.54, 1.807) is 11.0 Å². The molecule has 20 heavy (non-hydrogen) atoms. The van der Waals surface area contributed by atoms with Gasteiger partial charge in [-0.2, -0.15) is 0 Å². The minimum Gasteiger partial charge on any atom is -0.444 e. The van der Waals surface area contributed by atoms with Crippen LogP contribution in [0, 0.1) is 0 Å². The summed E-state index contributed by atoms with van der Waals surface area (Å²) >= 11 is 0. The summed E-state index contributed by atoms with van der Waals surface area (Å²) < 4.78 is 17.2. The van der Waals surface area contributed by atoms with Crippen molar-refractivity contribution in [1.82, 2.24) is 4.90 Å². The zero-order chi connectivity index (χ0) is 15.1. The number of hydrogen-bond donors (Lipinski definition) is 0. The molecule has 3 atom stereocenters. The Kier molecular flexibility index (Phi) is 3.86. The third-order valence-corrected chi connectivity index (χ3v) is 3.41. The van der Waals surface area contributed by atoms with E-state index in [2.05, 4.69) is 6.58 Å². The molecule has 0 N–H and O–H groups in total. The maximum absolute atomic E-state index is 12.3. The van der Waals surface area contributed by atoms with Crippen LogP contribution in [-0.4, -0.2) is 47.2 Å². The number of rotatable bonds is 2. The van der Waals surface area contributed by atoms with Crippen LogP contribution in [0.4, 0.5) is 4.79 Å². The van der Waals surface area contributed by atoms with Gasteiger partial charge in [0.15, 0.2) is 5.79 Å². The fourth-order valence-corrected chi connectivity index (χ4v) is 2.80. The van der Waals surface area contributed by atoms with Gasteiger partial charge in [0.05, 0.1) is 12.6 Å². The first-order valence-corrected chi connectivity index (χ1v) is 7.09. The highest BCUT2D eigenvalue weighted by Gasteiger charge is 2.53. The largest absolute Gasteiger partial charge is 0.444 e. The smallest absolute Gasteiger partial charge is 0.410 e. The van der Waals surface area contributed by atoms with Gasteiger partial charge in [0.25, 0.3) is 0 Å². The van der Waals surface area contributed by atoms with Crippen LogP contribution in [0.1, 0.15) is 41.0 Å². The van der Waals surface area contributed by atoms with Gasteiger partial charge in [0.2, 0.25) is 0 Å².